The number of halogens is 2. The summed E-state index contributed by atoms with van der Waals surface area (Å²) in [7, 11) is 0. The Balaban J connectivity index is 1.64. The van der Waals surface area contributed by atoms with Crippen molar-refractivity contribution in [3.05, 3.63) is 36.0 Å². The Morgan fingerprint density at radius 1 is 1.23 bits per heavy atom. The molecule has 10 heteroatoms. The second kappa shape index (κ2) is 7.89. The average Bonchev–Trinajstić information content (AvgIpc) is 2.65. The molecule has 1 saturated heterocycles. The van der Waals surface area contributed by atoms with Crippen LogP contribution in [-0.2, 0) is 4.74 Å². The van der Waals surface area contributed by atoms with E-state index < -0.39 is 11.6 Å². The van der Waals surface area contributed by atoms with E-state index in [9.17, 15) is 13.6 Å². The fourth-order valence-corrected chi connectivity index (χ4v) is 2.54. The molecule has 1 aromatic heterocycles. The van der Waals surface area contributed by atoms with E-state index in [-0.39, 0.29) is 12.0 Å². The van der Waals surface area contributed by atoms with E-state index >= 15 is 0 Å². The number of hydrogen-bond donors (Lipinski definition) is 1. The summed E-state index contributed by atoms with van der Waals surface area (Å²) in [6.07, 6.45) is 1.19. The van der Waals surface area contributed by atoms with Crippen LogP contribution in [0.5, 0.6) is 0 Å². The lowest BCUT2D eigenvalue weighted by molar-refractivity contribution is 0.105. The largest absolute Gasteiger partial charge is 0.450 e. The van der Waals surface area contributed by atoms with Gasteiger partial charge in [0, 0.05) is 37.9 Å². The Labute approximate surface area is 148 Å². The molecule has 26 heavy (non-hydrogen) atoms. The number of hydrogen-bond acceptors (Lipinski definition) is 7. The van der Waals surface area contributed by atoms with Crippen molar-refractivity contribution in [3.8, 4) is 0 Å². The molecule has 0 spiro atoms. The van der Waals surface area contributed by atoms with Gasteiger partial charge in [-0.05, 0) is 19.1 Å². The number of nitrogens with one attached hydrogen (secondary N) is 1. The van der Waals surface area contributed by atoms with Crippen LogP contribution in [-0.4, -0.2) is 59.0 Å². The van der Waals surface area contributed by atoms with Gasteiger partial charge in [-0.15, -0.1) is 5.10 Å². The normalized spacial score (nSPS) is 14.3. The smallest absolute Gasteiger partial charge is 0.409 e. The zero-order valence-electron chi connectivity index (χ0n) is 14.2. The van der Waals surface area contributed by atoms with Crippen molar-refractivity contribution < 1.29 is 18.3 Å². The molecule has 138 valence electrons. The van der Waals surface area contributed by atoms with Crippen LogP contribution in [0.3, 0.4) is 0 Å². The fourth-order valence-electron chi connectivity index (χ4n) is 2.54. The topological polar surface area (TPSA) is 83.5 Å². The zero-order valence-corrected chi connectivity index (χ0v) is 14.2. The van der Waals surface area contributed by atoms with Gasteiger partial charge in [0.2, 0.25) is 5.95 Å². The molecule has 0 aliphatic carbocycles. The summed E-state index contributed by atoms with van der Waals surface area (Å²) in [6.45, 7) is 4.27. The maximum Gasteiger partial charge on any atom is 0.409 e. The maximum absolute atomic E-state index is 13.3. The number of amides is 1. The van der Waals surface area contributed by atoms with Gasteiger partial charge in [-0.25, -0.2) is 13.6 Å². The van der Waals surface area contributed by atoms with Crippen molar-refractivity contribution in [1.82, 2.24) is 20.1 Å². The van der Waals surface area contributed by atoms with Gasteiger partial charge in [0.15, 0.2) is 17.5 Å². The number of piperazine rings is 1. The Hall–Kier alpha value is -3.04. The Bertz CT molecular complexity index is 783. The summed E-state index contributed by atoms with van der Waals surface area (Å²) in [5.74, 6) is -1.15. The predicted molar refractivity (Wildman–Crippen MR) is 90.3 cm³/mol. The van der Waals surface area contributed by atoms with Crippen molar-refractivity contribution in [2.45, 2.75) is 6.92 Å². The van der Waals surface area contributed by atoms with Crippen LogP contribution in [0.15, 0.2) is 24.4 Å². The molecule has 0 unspecified atom stereocenters. The second-order valence-electron chi connectivity index (χ2n) is 5.57. The summed E-state index contributed by atoms with van der Waals surface area (Å²) in [4.78, 5) is 19.7. The van der Waals surface area contributed by atoms with Gasteiger partial charge in [-0.1, -0.05) is 0 Å². The number of benzene rings is 1. The van der Waals surface area contributed by atoms with Gasteiger partial charge in [-0.2, -0.15) is 10.1 Å². The van der Waals surface area contributed by atoms with E-state index in [2.05, 4.69) is 20.5 Å². The maximum atomic E-state index is 13.3. The third-order valence-corrected chi connectivity index (χ3v) is 3.85. The number of ether oxygens (including phenoxy) is 1. The molecular formula is C16H18F2N6O2. The van der Waals surface area contributed by atoms with Crippen LogP contribution >= 0.6 is 0 Å². The minimum atomic E-state index is -0.964. The van der Waals surface area contributed by atoms with Gasteiger partial charge >= 0.3 is 6.09 Å². The molecule has 1 aliphatic heterocycles. The van der Waals surface area contributed by atoms with E-state index in [0.29, 0.717) is 44.3 Å². The number of nitrogens with zero attached hydrogens (tertiary/aromatic N) is 5. The van der Waals surface area contributed by atoms with E-state index in [1.54, 1.807) is 11.8 Å². The molecule has 2 aromatic rings. The SMILES string of the molecule is CCOC(=O)N1CCN(c2cnnc(Nc3ccc(F)c(F)c3)n2)CC1. The van der Waals surface area contributed by atoms with E-state index in [1.807, 2.05) is 4.90 Å². The molecule has 1 fully saturated rings. The molecule has 1 aliphatic rings. The summed E-state index contributed by atoms with van der Waals surface area (Å²) in [5, 5.41) is 10.5. The number of anilines is 3. The fraction of sp³-hybridized carbons (Fsp3) is 0.375. The Morgan fingerprint density at radius 2 is 2.00 bits per heavy atom. The van der Waals surface area contributed by atoms with Crippen molar-refractivity contribution in [1.29, 1.82) is 0 Å². The van der Waals surface area contributed by atoms with Crippen LogP contribution in [0.25, 0.3) is 0 Å². The third kappa shape index (κ3) is 4.13. The summed E-state index contributed by atoms with van der Waals surface area (Å²) in [5.41, 5.74) is 0.315. The Morgan fingerprint density at radius 3 is 2.69 bits per heavy atom. The molecule has 2 heterocycles. The van der Waals surface area contributed by atoms with Gasteiger partial charge in [0.05, 0.1) is 12.8 Å². The van der Waals surface area contributed by atoms with Crippen LogP contribution in [0, 0.1) is 11.6 Å². The number of rotatable bonds is 4. The minimum Gasteiger partial charge on any atom is -0.450 e. The van der Waals surface area contributed by atoms with Crippen LogP contribution in [0.2, 0.25) is 0 Å². The highest BCUT2D eigenvalue weighted by Gasteiger charge is 2.23. The van der Waals surface area contributed by atoms with E-state index in [1.165, 1.54) is 12.3 Å². The average molecular weight is 364 g/mol. The van der Waals surface area contributed by atoms with E-state index in [0.717, 1.165) is 12.1 Å². The third-order valence-electron chi connectivity index (χ3n) is 3.85. The highest BCUT2D eigenvalue weighted by Crippen LogP contribution is 2.19. The lowest BCUT2D eigenvalue weighted by Gasteiger charge is -2.34. The molecule has 8 nitrogen and oxygen atoms in total. The van der Waals surface area contributed by atoms with Crippen molar-refractivity contribution in [3.63, 3.8) is 0 Å². The number of aromatic nitrogens is 3. The van der Waals surface area contributed by atoms with Crippen molar-refractivity contribution in [2.75, 3.05) is 43.0 Å². The van der Waals surface area contributed by atoms with Gasteiger partial charge in [0.1, 0.15) is 0 Å². The summed E-state index contributed by atoms with van der Waals surface area (Å²) >= 11 is 0. The van der Waals surface area contributed by atoms with Crippen LogP contribution in [0.1, 0.15) is 6.92 Å². The Kier molecular flexibility index (Phi) is 5.40. The highest BCUT2D eigenvalue weighted by atomic mass is 19.2. The number of carbonyl (C=O) groups is 1. The minimum absolute atomic E-state index is 0.168. The van der Waals surface area contributed by atoms with Gasteiger partial charge < -0.3 is 19.9 Å². The molecule has 1 aromatic carbocycles. The summed E-state index contributed by atoms with van der Waals surface area (Å²) < 4.78 is 31.3. The lowest BCUT2D eigenvalue weighted by Crippen LogP contribution is -2.49. The molecule has 0 radical (unpaired) electrons. The quantitative estimate of drug-likeness (QED) is 0.890. The summed E-state index contributed by atoms with van der Waals surface area (Å²) in [6, 6.07) is 3.42. The standard InChI is InChI=1S/C16H18F2N6O2/c1-2-26-16(25)24-7-5-23(6-8-24)14-10-19-22-15(21-14)20-11-3-4-12(17)13(18)9-11/h3-4,9-10H,2,5-8H2,1H3,(H,20,21,22). The van der Waals surface area contributed by atoms with Crippen molar-refractivity contribution >= 4 is 23.5 Å². The molecule has 1 N–H and O–H groups in total. The van der Waals surface area contributed by atoms with Gasteiger partial charge in [0.25, 0.3) is 0 Å². The lowest BCUT2D eigenvalue weighted by atomic mass is 10.3. The molecular weight excluding hydrogens is 346 g/mol. The first-order valence-corrected chi connectivity index (χ1v) is 8.15. The zero-order chi connectivity index (χ0) is 18.5. The first-order chi connectivity index (χ1) is 12.6. The molecule has 0 atom stereocenters. The predicted octanol–water partition coefficient (Wildman–Crippen LogP) is 2.17. The monoisotopic (exact) mass is 364 g/mol. The molecule has 0 saturated carbocycles. The van der Waals surface area contributed by atoms with E-state index in [4.69, 9.17) is 4.74 Å². The molecule has 0 bridgehead atoms. The first kappa shape index (κ1) is 17.8. The van der Waals surface area contributed by atoms with Crippen LogP contribution in [0.4, 0.5) is 31.0 Å². The number of carbonyl (C=O) groups excluding carboxylic acids is 1. The van der Waals surface area contributed by atoms with Crippen LogP contribution < -0.4 is 10.2 Å². The first-order valence-electron chi connectivity index (χ1n) is 8.15. The highest BCUT2D eigenvalue weighted by molar-refractivity contribution is 5.68. The van der Waals surface area contributed by atoms with Crippen molar-refractivity contribution in [2.24, 2.45) is 0 Å². The molecule has 1 amide bonds. The molecule has 3 rings (SSSR count). The van der Waals surface area contributed by atoms with Gasteiger partial charge in [-0.3, -0.25) is 0 Å². The second-order valence-corrected chi connectivity index (χ2v) is 5.57.